The molecule has 1 fully saturated rings. The first kappa shape index (κ1) is 21.8. The predicted octanol–water partition coefficient (Wildman–Crippen LogP) is 4.27. The van der Waals surface area contributed by atoms with Gasteiger partial charge in [0.15, 0.2) is 0 Å². The van der Waals surface area contributed by atoms with Gasteiger partial charge in [0.2, 0.25) is 0 Å². The maximum atomic E-state index is 11.7. The lowest BCUT2D eigenvalue weighted by atomic mass is 10.2. The van der Waals surface area contributed by atoms with Gasteiger partial charge in [-0.3, -0.25) is 9.69 Å². The van der Waals surface area contributed by atoms with Crippen LogP contribution in [0.2, 0.25) is 0 Å². The molecule has 3 heterocycles. The van der Waals surface area contributed by atoms with Crippen LogP contribution in [0.15, 0.2) is 17.3 Å². The van der Waals surface area contributed by atoms with Crippen LogP contribution in [0.3, 0.4) is 0 Å². The lowest BCUT2D eigenvalue weighted by molar-refractivity contribution is 0.322. The van der Waals surface area contributed by atoms with Crippen LogP contribution in [0.4, 0.5) is 0 Å². The van der Waals surface area contributed by atoms with E-state index < -0.39 is 0 Å². The molecule has 1 saturated heterocycles. The maximum absolute atomic E-state index is 11.7. The first-order valence-electron chi connectivity index (χ1n) is 9.61. The molecule has 0 unspecified atom stereocenters. The fraction of sp³-hybridized carbons (Fsp3) is 0.684. The van der Waals surface area contributed by atoms with Crippen molar-refractivity contribution in [3.8, 4) is 0 Å². The molecule has 0 amide bonds. The summed E-state index contributed by atoms with van der Waals surface area (Å²) in [5, 5.41) is 0. The van der Waals surface area contributed by atoms with Crippen LogP contribution in [0, 0.1) is 5.92 Å². The Morgan fingerprint density at radius 3 is 2.76 bits per heavy atom. The predicted molar refractivity (Wildman–Crippen MR) is 110 cm³/mol. The second kappa shape index (κ2) is 12.1. The largest absolute Gasteiger partial charge is 0.355 e. The van der Waals surface area contributed by atoms with Gasteiger partial charge in [-0.1, -0.05) is 34.6 Å². The highest BCUT2D eigenvalue weighted by Crippen LogP contribution is 2.24. The molecule has 1 atom stereocenters. The second-order valence-electron chi connectivity index (χ2n) is 5.73. The number of rotatable bonds is 6. The number of nitrogens with zero attached hydrogens (tertiary/aromatic N) is 2. The van der Waals surface area contributed by atoms with Crippen molar-refractivity contribution in [2.75, 3.05) is 24.6 Å². The van der Waals surface area contributed by atoms with Crippen LogP contribution in [-0.2, 0) is 6.54 Å². The van der Waals surface area contributed by atoms with E-state index >= 15 is 0 Å². The van der Waals surface area contributed by atoms with Crippen molar-refractivity contribution < 1.29 is 0 Å². The van der Waals surface area contributed by atoms with E-state index in [0.717, 1.165) is 36.6 Å². The van der Waals surface area contributed by atoms with Gasteiger partial charge in [0.05, 0.1) is 11.8 Å². The first-order valence-corrected chi connectivity index (χ1v) is 10.8. The third-order valence-corrected chi connectivity index (χ3v) is 5.42. The lowest BCUT2D eigenvalue weighted by Crippen LogP contribution is -2.20. The Morgan fingerprint density at radius 1 is 1.28 bits per heavy atom. The topological polar surface area (TPSA) is 64.8 Å². The summed E-state index contributed by atoms with van der Waals surface area (Å²) in [6.07, 6.45) is 5.95. The highest BCUT2D eigenvalue weighted by atomic mass is 32.2. The van der Waals surface area contributed by atoms with Crippen LogP contribution in [0.1, 0.15) is 53.0 Å². The highest BCUT2D eigenvalue weighted by molar-refractivity contribution is 7.99. The van der Waals surface area contributed by atoms with E-state index in [4.69, 9.17) is 0 Å². The third-order valence-electron chi connectivity index (χ3n) is 4.01. The summed E-state index contributed by atoms with van der Waals surface area (Å²) in [7, 11) is 0. The first-order chi connectivity index (χ1) is 12.3. The van der Waals surface area contributed by atoms with Crippen molar-refractivity contribution in [1.29, 1.82) is 0 Å². The zero-order valence-electron chi connectivity index (χ0n) is 16.4. The van der Waals surface area contributed by atoms with Crippen LogP contribution in [-0.4, -0.2) is 44.4 Å². The van der Waals surface area contributed by atoms with Gasteiger partial charge >= 0.3 is 0 Å². The van der Waals surface area contributed by atoms with Crippen molar-refractivity contribution in [2.24, 2.45) is 5.92 Å². The molecular weight excluding hydrogens is 332 g/mol. The van der Waals surface area contributed by atoms with Crippen LogP contribution in [0.25, 0.3) is 11.0 Å². The quantitative estimate of drug-likeness (QED) is 0.749. The molecule has 0 spiro atoms. The van der Waals surface area contributed by atoms with E-state index in [0.29, 0.717) is 5.52 Å². The molecule has 3 rings (SSSR count). The van der Waals surface area contributed by atoms with Crippen molar-refractivity contribution in [2.45, 2.75) is 54.0 Å². The van der Waals surface area contributed by atoms with Crippen LogP contribution < -0.4 is 5.56 Å². The lowest BCUT2D eigenvalue weighted by Gasteiger charge is -2.15. The summed E-state index contributed by atoms with van der Waals surface area (Å²) in [6.45, 7) is 13.4. The van der Waals surface area contributed by atoms with Crippen molar-refractivity contribution in [3.05, 3.63) is 28.4 Å². The number of H-pyrrole nitrogens is 2. The Bertz CT molecular complexity index is 652. The second-order valence-corrected chi connectivity index (χ2v) is 6.88. The molecule has 0 aromatic carbocycles. The molecule has 0 bridgehead atoms. The maximum Gasteiger partial charge on any atom is 0.275 e. The third kappa shape index (κ3) is 6.19. The number of likely N-dealkylation sites (tertiary alicyclic amines) is 1. The highest BCUT2D eigenvalue weighted by Gasteiger charge is 2.23. The Kier molecular flexibility index (Phi) is 10.6. The average molecular weight is 367 g/mol. The number of nitrogens with one attached hydrogen (secondary N) is 2. The number of aromatic amines is 2. The fourth-order valence-electron chi connectivity index (χ4n) is 2.95. The van der Waals surface area contributed by atoms with Gasteiger partial charge in [0.25, 0.3) is 5.56 Å². The van der Waals surface area contributed by atoms with E-state index in [1.54, 1.807) is 0 Å². The summed E-state index contributed by atoms with van der Waals surface area (Å²) in [4.78, 5) is 24.1. The molecule has 1 aliphatic heterocycles. The summed E-state index contributed by atoms with van der Waals surface area (Å²) < 4.78 is 0. The average Bonchev–Trinajstić information content (AvgIpc) is 3.27. The monoisotopic (exact) mass is 366 g/mol. The van der Waals surface area contributed by atoms with Crippen molar-refractivity contribution in [3.63, 3.8) is 0 Å². The number of hydrogen-bond acceptors (Lipinski definition) is 4. The smallest absolute Gasteiger partial charge is 0.275 e. The van der Waals surface area contributed by atoms with Crippen molar-refractivity contribution in [1.82, 2.24) is 19.9 Å². The molecule has 0 aliphatic carbocycles. The zero-order chi connectivity index (χ0) is 18.7. The van der Waals surface area contributed by atoms with E-state index in [-0.39, 0.29) is 5.56 Å². The molecule has 0 radical (unpaired) electrons. The zero-order valence-corrected chi connectivity index (χ0v) is 17.2. The molecule has 2 aromatic heterocycles. The minimum Gasteiger partial charge on any atom is -0.355 e. The normalized spacial score (nSPS) is 16.9. The van der Waals surface area contributed by atoms with Gasteiger partial charge in [-0.25, -0.2) is 4.98 Å². The fourth-order valence-corrected chi connectivity index (χ4v) is 4.01. The SMILES string of the molecule is CC.CC.CCCSC[C@@H]1CCN(Cc2c[nH]c3c(=O)[nH]cnc23)C1. The molecular formula is C19H34N4OS. The van der Waals surface area contributed by atoms with E-state index in [1.165, 1.54) is 30.7 Å². The van der Waals surface area contributed by atoms with E-state index in [9.17, 15) is 4.79 Å². The Labute approximate surface area is 156 Å². The van der Waals surface area contributed by atoms with Gasteiger partial charge in [-0.2, -0.15) is 11.8 Å². The molecule has 0 saturated carbocycles. The summed E-state index contributed by atoms with van der Waals surface area (Å²) >= 11 is 2.07. The molecule has 2 aromatic rings. The molecule has 6 heteroatoms. The Hall–Kier alpha value is -1.27. The van der Waals surface area contributed by atoms with Gasteiger partial charge in [-0.05, 0) is 36.8 Å². The summed E-state index contributed by atoms with van der Waals surface area (Å²) in [5.41, 5.74) is 2.42. The Balaban J connectivity index is 0.000000730. The molecule has 5 nitrogen and oxygen atoms in total. The Morgan fingerprint density at radius 2 is 2.04 bits per heavy atom. The summed E-state index contributed by atoms with van der Waals surface area (Å²) in [6, 6.07) is 0. The van der Waals surface area contributed by atoms with Crippen molar-refractivity contribution >= 4 is 22.8 Å². The minimum atomic E-state index is -0.0958. The number of thioether (sulfide) groups is 1. The van der Waals surface area contributed by atoms with Gasteiger partial charge in [0.1, 0.15) is 5.52 Å². The van der Waals surface area contributed by atoms with Gasteiger partial charge in [-0.15, -0.1) is 0 Å². The van der Waals surface area contributed by atoms with E-state index in [1.807, 2.05) is 33.9 Å². The van der Waals surface area contributed by atoms with Crippen LogP contribution in [0.5, 0.6) is 0 Å². The standard InChI is InChI=1S/C15H22N4OS.2C2H6/c1-2-5-21-9-11-3-4-19(7-11)8-12-6-16-14-13(12)17-10-18-15(14)20;2*1-2/h6,10-11,16H,2-5,7-9H2,1H3,(H,17,18,20);2*1-2H3/t11-;;/m1../s1. The molecule has 142 valence electrons. The molecule has 1 aliphatic rings. The minimum absolute atomic E-state index is 0.0958. The van der Waals surface area contributed by atoms with Gasteiger partial charge in [0, 0.05) is 24.8 Å². The van der Waals surface area contributed by atoms with E-state index in [2.05, 4.69) is 38.5 Å². The number of fused-ring (bicyclic) bond motifs is 1. The molecule has 2 N–H and O–H groups in total. The summed E-state index contributed by atoms with van der Waals surface area (Å²) in [5.74, 6) is 3.35. The molecule has 25 heavy (non-hydrogen) atoms. The van der Waals surface area contributed by atoms with Gasteiger partial charge < -0.3 is 9.97 Å². The number of hydrogen-bond donors (Lipinski definition) is 2. The number of aromatic nitrogens is 3. The van der Waals surface area contributed by atoms with Crippen LogP contribution >= 0.6 is 11.8 Å².